The van der Waals surface area contributed by atoms with E-state index in [-0.39, 0.29) is 21.9 Å². The van der Waals surface area contributed by atoms with Crippen LogP contribution in [0.5, 0.6) is 0 Å². The topological polar surface area (TPSA) is 116 Å². The Hall–Kier alpha value is -1.88. The molecule has 0 aliphatic rings. The predicted molar refractivity (Wildman–Crippen MR) is 98.7 cm³/mol. The fraction of sp³-hybridized carbons (Fsp3) is 0. The monoisotopic (exact) mass is 462 g/mol. The maximum atomic E-state index is 12.7. The number of hydrogen-bond donors (Lipinski definition) is 2. The van der Waals surface area contributed by atoms with E-state index in [1.807, 2.05) is 0 Å². The summed E-state index contributed by atoms with van der Waals surface area (Å²) >= 11 is 14.7. The van der Waals surface area contributed by atoms with Crippen molar-refractivity contribution < 1.29 is 8.42 Å². The van der Waals surface area contributed by atoms with Crippen LogP contribution in [0.1, 0.15) is 0 Å². The standard InChI is InChI=1S/C13H9BrCl2N6O2S/c14-10-5-9(6-18-11(10)16)25(23,24)22-12(17)20-13(21-22)19-8-3-1-7(15)2-4-8/h1-6H,(H3,17,19,20,21). The van der Waals surface area contributed by atoms with Crippen LogP contribution < -0.4 is 11.1 Å². The summed E-state index contributed by atoms with van der Waals surface area (Å²) in [7, 11) is -4.08. The molecule has 25 heavy (non-hydrogen) atoms. The van der Waals surface area contributed by atoms with E-state index in [1.54, 1.807) is 24.3 Å². The van der Waals surface area contributed by atoms with E-state index in [1.165, 1.54) is 6.07 Å². The normalized spacial score (nSPS) is 11.5. The Kier molecular flexibility index (Phi) is 4.87. The summed E-state index contributed by atoms with van der Waals surface area (Å²) in [5.74, 6) is -0.285. The van der Waals surface area contributed by atoms with Crippen LogP contribution in [0, 0.1) is 0 Å². The van der Waals surface area contributed by atoms with Gasteiger partial charge >= 0.3 is 0 Å². The van der Waals surface area contributed by atoms with Crippen LogP contribution in [0.3, 0.4) is 0 Å². The highest BCUT2D eigenvalue weighted by atomic mass is 79.9. The van der Waals surface area contributed by atoms with Gasteiger partial charge in [-0.05, 0) is 46.3 Å². The van der Waals surface area contributed by atoms with E-state index in [9.17, 15) is 8.42 Å². The van der Waals surface area contributed by atoms with Gasteiger partial charge in [0.25, 0.3) is 10.0 Å². The van der Waals surface area contributed by atoms with Crippen LogP contribution >= 0.6 is 39.1 Å². The van der Waals surface area contributed by atoms with E-state index in [0.29, 0.717) is 19.3 Å². The third-order valence-electron chi connectivity index (χ3n) is 3.00. The highest BCUT2D eigenvalue weighted by Crippen LogP contribution is 2.25. The summed E-state index contributed by atoms with van der Waals surface area (Å²) in [5.41, 5.74) is 6.32. The SMILES string of the molecule is Nc1nc(Nc2ccc(Cl)cc2)nn1S(=O)(=O)c1cnc(Cl)c(Br)c1. The zero-order chi connectivity index (χ0) is 18.2. The van der Waals surface area contributed by atoms with Gasteiger partial charge in [0.15, 0.2) is 0 Å². The van der Waals surface area contributed by atoms with Crippen molar-refractivity contribution in [1.82, 2.24) is 19.2 Å². The van der Waals surface area contributed by atoms with Gasteiger partial charge in [-0.25, -0.2) is 4.98 Å². The second-order valence-corrected chi connectivity index (χ2v) is 8.13. The fourth-order valence-electron chi connectivity index (χ4n) is 1.85. The molecule has 3 N–H and O–H groups in total. The molecule has 0 amide bonds. The summed E-state index contributed by atoms with van der Waals surface area (Å²) in [6.45, 7) is 0. The largest absolute Gasteiger partial charge is 0.367 e. The number of rotatable bonds is 4. The van der Waals surface area contributed by atoms with E-state index in [2.05, 4.69) is 36.3 Å². The van der Waals surface area contributed by atoms with Gasteiger partial charge in [0, 0.05) is 16.9 Å². The number of hydrogen-bond acceptors (Lipinski definition) is 7. The number of anilines is 3. The van der Waals surface area contributed by atoms with Crippen molar-refractivity contribution >= 4 is 66.7 Å². The van der Waals surface area contributed by atoms with Gasteiger partial charge in [-0.2, -0.15) is 13.4 Å². The van der Waals surface area contributed by atoms with E-state index < -0.39 is 10.0 Å². The number of nitrogens with two attached hydrogens (primary N) is 1. The van der Waals surface area contributed by atoms with Gasteiger partial charge in [0.2, 0.25) is 11.9 Å². The molecule has 0 fully saturated rings. The molecule has 1 aromatic carbocycles. The number of nitrogens with one attached hydrogen (secondary N) is 1. The minimum atomic E-state index is -4.08. The Morgan fingerprint density at radius 1 is 1.20 bits per heavy atom. The molecule has 0 radical (unpaired) electrons. The first-order chi connectivity index (χ1) is 11.8. The lowest BCUT2D eigenvalue weighted by molar-refractivity contribution is 0.580. The first-order valence-corrected chi connectivity index (χ1v) is 9.58. The van der Waals surface area contributed by atoms with Crippen LogP contribution in [-0.2, 0) is 10.0 Å². The minimum absolute atomic E-state index is 0.0179. The summed E-state index contributed by atoms with van der Waals surface area (Å²) in [6, 6.07) is 8.01. The Morgan fingerprint density at radius 3 is 2.52 bits per heavy atom. The van der Waals surface area contributed by atoms with Gasteiger partial charge in [0.05, 0.1) is 4.47 Å². The molecule has 2 aromatic heterocycles. The lowest BCUT2D eigenvalue weighted by Crippen LogP contribution is -2.17. The van der Waals surface area contributed by atoms with Crippen LogP contribution in [-0.4, -0.2) is 27.6 Å². The van der Waals surface area contributed by atoms with Gasteiger partial charge < -0.3 is 11.1 Å². The third-order valence-corrected chi connectivity index (χ3v) is 5.93. The lowest BCUT2D eigenvalue weighted by Gasteiger charge is -2.05. The summed E-state index contributed by atoms with van der Waals surface area (Å²) in [5, 5.41) is 7.44. The molecular weight excluding hydrogens is 455 g/mol. The summed E-state index contributed by atoms with van der Waals surface area (Å²) in [4.78, 5) is 7.56. The highest BCUT2D eigenvalue weighted by molar-refractivity contribution is 9.10. The molecule has 3 aromatic rings. The lowest BCUT2D eigenvalue weighted by atomic mass is 10.3. The number of benzene rings is 1. The smallest absolute Gasteiger partial charge is 0.287 e. The van der Waals surface area contributed by atoms with E-state index in [4.69, 9.17) is 28.9 Å². The number of halogens is 3. The average molecular weight is 464 g/mol. The first kappa shape index (κ1) is 17.9. The molecule has 3 rings (SSSR count). The Morgan fingerprint density at radius 2 is 1.88 bits per heavy atom. The zero-order valence-corrected chi connectivity index (χ0v) is 16.1. The molecule has 0 aliphatic carbocycles. The molecule has 0 saturated heterocycles. The fourth-order valence-corrected chi connectivity index (χ4v) is 3.70. The van der Waals surface area contributed by atoms with Crippen LogP contribution in [0.25, 0.3) is 0 Å². The maximum Gasteiger partial charge on any atom is 0.287 e. The van der Waals surface area contributed by atoms with Crippen molar-refractivity contribution in [3.05, 3.63) is 51.2 Å². The molecule has 0 unspecified atom stereocenters. The molecule has 0 atom stereocenters. The highest BCUT2D eigenvalue weighted by Gasteiger charge is 2.24. The van der Waals surface area contributed by atoms with Crippen molar-refractivity contribution in [3.8, 4) is 0 Å². The van der Waals surface area contributed by atoms with E-state index >= 15 is 0 Å². The van der Waals surface area contributed by atoms with Crippen LogP contribution in [0.4, 0.5) is 17.6 Å². The zero-order valence-electron chi connectivity index (χ0n) is 12.2. The molecule has 2 heterocycles. The molecule has 0 aliphatic heterocycles. The Balaban J connectivity index is 1.95. The van der Waals surface area contributed by atoms with Crippen LogP contribution in [0.15, 0.2) is 45.9 Å². The Bertz CT molecular complexity index is 1040. The molecule has 130 valence electrons. The van der Waals surface area contributed by atoms with Crippen LogP contribution in [0.2, 0.25) is 10.2 Å². The average Bonchev–Trinajstić information content (AvgIpc) is 2.93. The van der Waals surface area contributed by atoms with Gasteiger partial charge in [-0.3, -0.25) is 0 Å². The number of nitrogen functional groups attached to an aromatic ring is 1. The number of aromatic nitrogens is 4. The molecule has 12 heteroatoms. The van der Waals surface area contributed by atoms with E-state index in [0.717, 1.165) is 6.20 Å². The van der Waals surface area contributed by atoms with Crippen molar-refractivity contribution in [2.24, 2.45) is 0 Å². The van der Waals surface area contributed by atoms with Crippen molar-refractivity contribution in [2.45, 2.75) is 4.90 Å². The second kappa shape index (κ2) is 6.79. The first-order valence-electron chi connectivity index (χ1n) is 6.59. The Labute approximate surface area is 161 Å². The van der Waals surface area contributed by atoms with Crippen molar-refractivity contribution in [2.75, 3.05) is 11.1 Å². The maximum absolute atomic E-state index is 12.7. The van der Waals surface area contributed by atoms with Crippen molar-refractivity contribution in [3.63, 3.8) is 0 Å². The molecule has 8 nitrogen and oxygen atoms in total. The summed E-state index contributed by atoms with van der Waals surface area (Å²) in [6.07, 6.45) is 1.11. The van der Waals surface area contributed by atoms with Crippen molar-refractivity contribution in [1.29, 1.82) is 0 Å². The predicted octanol–water partition coefficient (Wildman–Crippen LogP) is 3.31. The van der Waals surface area contributed by atoms with Gasteiger partial charge in [-0.1, -0.05) is 23.2 Å². The second-order valence-electron chi connectivity index (χ2n) is 4.72. The minimum Gasteiger partial charge on any atom is -0.367 e. The van der Waals surface area contributed by atoms with Gasteiger partial charge in [-0.15, -0.1) is 9.19 Å². The molecule has 0 bridgehead atoms. The molecular formula is C13H9BrCl2N6O2S. The summed E-state index contributed by atoms with van der Waals surface area (Å²) < 4.78 is 26.3. The van der Waals surface area contributed by atoms with Gasteiger partial charge in [0.1, 0.15) is 10.0 Å². The quantitative estimate of drug-likeness (QED) is 0.570. The molecule has 0 spiro atoms. The molecule has 0 saturated carbocycles. The number of pyridine rings is 1. The number of nitrogens with zero attached hydrogens (tertiary/aromatic N) is 4. The third kappa shape index (κ3) is 3.71.